The average molecular weight is 247 g/mol. The van der Waals surface area contributed by atoms with Gasteiger partial charge < -0.3 is 10.2 Å². The van der Waals surface area contributed by atoms with Gasteiger partial charge in [0.25, 0.3) is 0 Å². The van der Waals surface area contributed by atoms with E-state index < -0.39 is 0 Å². The molecule has 0 aliphatic carbocycles. The molecule has 3 nitrogen and oxygen atoms in total. The monoisotopic (exact) mass is 246 g/mol. The predicted octanol–water partition coefficient (Wildman–Crippen LogP) is 1.66. The third-order valence-electron chi connectivity index (χ3n) is 4.07. The molecule has 2 fully saturated rings. The van der Waals surface area contributed by atoms with Crippen LogP contribution >= 0.6 is 12.4 Å². The van der Waals surface area contributed by atoms with Crippen molar-refractivity contribution in [2.24, 2.45) is 11.8 Å². The fourth-order valence-corrected chi connectivity index (χ4v) is 2.70. The van der Waals surface area contributed by atoms with Crippen LogP contribution in [0.25, 0.3) is 0 Å². The summed E-state index contributed by atoms with van der Waals surface area (Å²) in [7, 11) is 0. The highest BCUT2D eigenvalue weighted by molar-refractivity contribution is 5.85. The first-order chi connectivity index (χ1) is 7.20. The van der Waals surface area contributed by atoms with E-state index in [1.165, 1.54) is 6.42 Å². The molecule has 2 saturated heterocycles. The number of likely N-dealkylation sites (tertiary alicyclic amines) is 1. The summed E-state index contributed by atoms with van der Waals surface area (Å²) in [5.74, 6) is 1.30. The van der Waals surface area contributed by atoms with Crippen LogP contribution in [0.4, 0.5) is 0 Å². The fraction of sp³-hybridized carbons (Fsp3) is 0.917. The number of amides is 1. The Balaban J connectivity index is 0.00000128. The van der Waals surface area contributed by atoms with Crippen LogP contribution in [0.2, 0.25) is 0 Å². The first-order valence-corrected chi connectivity index (χ1v) is 6.21. The predicted molar refractivity (Wildman–Crippen MR) is 67.8 cm³/mol. The molecular formula is C12H23ClN2O. The van der Waals surface area contributed by atoms with Crippen molar-refractivity contribution in [3.63, 3.8) is 0 Å². The van der Waals surface area contributed by atoms with Gasteiger partial charge in [0.15, 0.2) is 0 Å². The highest BCUT2D eigenvalue weighted by Crippen LogP contribution is 2.26. The SMILES string of the molecule is CC1CCN(C(=O)[C@@H]2CCCNC2)C1C.Cl. The minimum atomic E-state index is 0. The van der Waals surface area contributed by atoms with Crippen LogP contribution in [0, 0.1) is 11.8 Å². The normalized spacial score (nSPS) is 34.6. The van der Waals surface area contributed by atoms with E-state index in [1.54, 1.807) is 0 Å². The van der Waals surface area contributed by atoms with Gasteiger partial charge in [0.2, 0.25) is 5.91 Å². The third-order valence-corrected chi connectivity index (χ3v) is 4.07. The minimum Gasteiger partial charge on any atom is -0.339 e. The number of rotatable bonds is 1. The maximum atomic E-state index is 12.2. The number of nitrogens with one attached hydrogen (secondary N) is 1. The summed E-state index contributed by atoms with van der Waals surface area (Å²) >= 11 is 0. The van der Waals surface area contributed by atoms with Crippen LogP contribution in [-0.4, -0.2) is 36.5 Å². The zero-order chi connectivity index (χ0) is 10.8. The van der Waals surface area contributed by atoms with E-state index in [2.05, 4.69) is 24.1 Å². The van der Waals surface area contributed by atoms with Crippen molar-refractivity contribution < 1.29 is 4.79 Å². The largest absolute Gasteiger partial charge is 0.339 e. The Morgan fingerprint density at radius 2 is 2.06 bits per heavy atom. The maximum Gasteiger partial charge on any atom is 0.227 e. The second-order valence-corrected chi connectivity index (χ2v) is 5.08. The molecule has 0 aromatic carbocycles. The molecule has 0 aromatic heterocycles. The Hall–Kier alpha value is -0.280. The minimum absolute atomic E-state index is 0. The molecule has 0 spiro atoms. The van der Waals surface area contributed by atoms with Crippen molar-refractivity contribution in [3.05, 3.63) is 0 Å². The Morgan fingerprint density at radius 1 is 1.31 bits per heavy atom. The molecule has 2 unspecified atom stereocenters. The summed E-state index contributed by atoms with van der Waals surface area (Å²) in [6.07, 6.45) is 3.39. The van der Waals surface area contributed by atoms with Gasteiger partial charge in [-0.3, -0.25) is 4.79 Å². The van der Waals surface area contributed by atoms with E-state index in [0.29, 0.717) is 17.9 Å². The van der Waals surface area contributed by atoms with Gasteiger partial charge >= 0.3 is 0 Å². The van der Waals surface area contributed by atoms with Gasteiger partial charge in [0, 0.05) is 19.1 Å². The lowest BCUT2D eigenvalue weighted by Crippen LogP contribution is -2.44. The lowest BCUT2D eigenvalue weighted by atomic mass is 9.97. The van der Waals surface area contributed by atoms with Crippen LogP contribution in [-0.2, 0) is 4.79 Å². The molecule has 0 bridgehead atoms. The Kier molecular flexibility index (Phi) is 5.06. The smallest absolute Gasteiger partial charge is 0.227 e. The van der Waals surface area contributed by atoms with Gasteiger partial charge in [-0.15, -0.1) is 12.4 Å². The van der Waals surface area contributed by atoms with E-state index in [1.807, 2.05) is 0 Å². The zero-order valence-corrected chi connectivity index (χ0v) is 11.1. The van der Waals surface area contributed by atoms with Crippen molar-refractivity contribution in [3.8, 4) is 0 Å². The summed E-state index contributed by atoms with van der Waals surface area (Å²) in [5.41, 5.74) is 0. The molecule has 0 saturated carbocycles. The second kappa shape index (κ2) is 5.87. The van der Waals surface area contributed by atoms with Crippen molar-refractivity contribution in [2.75, 3.05) is 19.6 Å². The molecule has 2 aliphatic rings. The average Bonchev–Trinajstić information content (AvgIpc) is 2.60. The molecule has 2 rings (SSSR count). The molecule has 2 aliphatic heterocycles. The summed E-state index contributed by atoms with van der Waals surface area (Å²) in [6, 6.07) is 0.444. The molecule has 94 valence electrons. The lowest BCUT2D eigenvalue weighted by Gasteiger charge is -2.30. The van der Waals surface area contributed by atoms with Gasteiger partial charge in [0.1, 0.15) is 0 Å². The van der Waals surface area contributed by atoms with Gasteiger partial charge in [0.05, 0.1) is 5.92 Å². The number of nitrogens with zero attached hydrogens (tertiary/aromatic N) is 1. The van der Waals surface area contributed by atoms with E-state index >= 15 is 0 Å². The van der Waals surface area contributed by atoms with Crippen molar-refractivity contribution in [2.45, 2.75) is 39.2 Å². The summed E-state index contributed by atoms with van der Waals surface area (Å²) in [5, 5.41) is 3.32. The molecule has 0 radical (unpaired) electrons. The van der Waals surface area contributed by atoms with Crippen LogP contribution in [0.3, 0.4) is 0 Å². The molecule has 16 heavy (non-hydrogen) atoms. The number of hydrogen-bond donors (Lipinski definition) is 1. The highest BCUT2D eigenvalue weighted by atomic mass is 35.5. The van der Waals surface area contributed by atoms with Gasteiger partial charge in [-0.05, 0) is 38.6 Å². The molecule has 2 heterocycles. The molecule has 1 N–H and O–H groups in total. The lowest BCUT2D eigenvalue weighted by molar-refractivity contribution is -0.136. The third kappa shape index (κ3) is 2.69. The van der Waals surface area contributed by atoms with E-state index in [-0.39, 0.29) is 18.3 Å². The van der Waals surface area contributed by atoms with Gasteiger partial charge in [-0.1, -0.05) is 6.92 Å². The zero-order valence-electron chi connectivity index (χ0n) is 10.2. The first kappa shape index (κ1) is 13.8. The summed E-state index contributed by atoms with van der Waals surface area (Å²) < 4.78 is 0. The van der Waals surface area contributed by atoms with E-state index in [9.17, 15) is 4.79 Å². The van der Waals surface area contributed by atoms with Crippen molar-refractivity contribution in [1.29, 1.82) is 0 Å². The highest BCUT2D eigenvalue weighted by Gasteiger charge is 2.34. The molecular weight excluding hydrogens is 224 g/mol. The summed E-state index contributed by atoms with van der Waals surface area (Å²) in [6.45, 7) is 7.37. The van der Waals surface area contributed by atoms with E-state index in [0.717, 1.165) is 32.5 Å². The van der Waals surface area contributed by atoms with Crippen LogP contribution in [0.5, 0.6) is 0 Å². The standard InChI is InChI=1S/C12H22N2O.ClH/c1-9-5-7-14(10(9)2)12(15)11-4-3-6-13-8-11;/h9-11,13H,3-8H2,1-2H3;1H/t9?,10?,11-;/m1./s1. The Labute approximate surface area is 104 Å². The first-order valence-electron chi connectivity index (χ1n) is 6.21. The van der Waals surface area contributed by atoms with Crippen molar-refractivity contribution in [1.82, 2.24) is 10.2 Å². The fourth-order valence-electron chi connectivity index (χ4n) is 2.70. The number of carbonyl (C=O) groups excluding carboxylic acids is 1. The van der Waals surface area contributed by atoms with Gasteiger partial charge in [-0.2, -0.15) is 0 Å². The van der Waals surface area contributed by atoms with Crippen molar-refractivity contribution >= 4 is 18.3 Å². The Morgan fingerprint density at radius 3 is 2.56 bits per heavy atom. The van der Waals surface area contributed by atoms with Crippen LogP contribution in [0.1, 0.15) is 33.1 Å². The number of hydrogen-bond acceptors (Lipinski definition) is 2. The molecule has 1 amide bonds. The number of carbonyl (C=O) groups is 1. The second-order valence-electron chi connectivity index (χ2n) is 5.08. The Bertz CT molecular complexity index is 241. The summed E-state index contributed by atoms with van der Waals surface area (Å²) in [4.78, 5) is 14.3. The molecule has 3 atom stereocenters. The number of piperidine rings is 1. The maximum absolute atomic E-state index is 12.2. The molecule has 4 heteroatoms. The van der Waals surface area contributed by atoms with Crippen LogP contribution < -0.4 is 5.32 Å². The van der Waals surface area contributed by atoms with E-state index in [4.69, 9.17) is 0 Å². The quantitative estimate of drug-likeness (QED) is 0.763. The van der Waals surface area contributed by atoms with Crippen LogP contribution in [0.15, 0.2) is 0 Å². The molecule has 0 aromatic rings. The van der Waals surface area contributed by atoms with Gasteiger partial charge in [-0.25, -0.2) is 0 Å². The number of halogens is 1. The topological polar surface area (TPSA) is 32.3 Å².